The fraction of sp³-hybridized carbons (Fsp3) is 0.375. The molecular formula is C16H19BrN4OS. The topological polar surface area (TPSA) is 48.5 Å². The van der Waals surface area contributed by atoms with Crippen molar-refractivity contribution < 1.29 is 4.79 Å². The molecule has 0 spiro atoms. The number of hydrogen-bond donors (Lipinski definition) is 1. The second-order valence-electron chi connectivity index (χ2n) is 5.59. The van der Waals surface area contributed by atoms with Crippen LogP contribution in [0.1, 0.15) is 5.69 Å². The highest BCUT2D eigenvalue weighted by Crippen LogP contribution is 2.21. The molecule has 1 aromatic carbocycles. The number of anilines is 2. The van der Waals surface area contributed by atoms with Crippen molar-refractivity contribution in [1.82, 2.24) is 9.88 Å². The van der Waals surface area contributed by atoms with E-state index in [-0.39, 0.29) is 5.91 Å². The summed E-state index contributed by atoms with van der Waals surface area (Å²) in [7, 11) is 0. The van der Waals surface area contributed by atoms with Gasteiger partial charge in [0, 0.05) is 41.7 Å². The molecular weight excluding hydrogens is 376 g/mol. The third-order valence-corrected chi connectivity index (χ3v) is 5.29. The Morgan fingerprint density at radius 1 is 1.26 bits per heavy atom. The van der Waals surface area contributed by atoms with E-state index in [9.17, 15) is 4.79 Å². The van der Waals surface area contributed by atoms with E-state index >= 15 is 0 Å². The van der Waals surface area contributed by atoms with Gasteiger partial charge in [-0.05, 0) is 31.2 Å². The van der Waals surface area contributed by atoms with Gasteiger partial charge in [-0.3, -0.25) is 9.69 Å². The summed E-state index contributed by atoms with van der Waals surface area (Å²) in [6.45, 7) is 6.04. The summed E-state index contributed by atoms with van der Waals surface area (Å²) < 4.78 is 1.00. The first-order valence-corrected chi connectivity index (χ1v) is 9.22. The van der Waals surface area contributed by atoms with Crippen LogP contribution in [0, 0.1) is 6.92 Å². The maximum Gasteiger partial charge on any atom is 0.238 e. The molecule has 5 nitrogen and oxygen atoms in total. The number of carbonyl (C=O) groups excluding carboxylic acids is 1. The number of thiazole rings is 1. The van der Waals surface area contributed by atoms with E-state index in [0.29, 0.717) is 6.54 Å². The molecule has 1 aliphatic rings. The van der Waals surface area contributed by atoms with Gasteiger partial charge in [-0.25, -0.2) is 4.98 Å². The number of carbonyl (C=O) groups is 1. The SMILES string of the molecule is Cc1csc(N2CCN(CC(=O)Nc3ccc(Br)cc3)CC2)n1. The Morgan fingerprint density at radius 2 is 1.96 bits per heavy atom. The molecule has 0 radical (unpaired) electrons. The van der Waals surface area contributed by atoms with Crippen LogP contribution in [0.2, 0.25) is 0 Å². The van der Waals surface area contributed by atoms with E-state index in [1.165, 1.54) is 0 Å². The average molecular weight is 395 g/mol. The van der Waals surface area contributed by atoms with Crippen molar-refractivity contribution in [3.05, 3.63) is 39.8 Å². The molecule has 2 heterocycles. The lowest BCUT2D eigenvalue weighted by Crippen LogP contribution is -2.48. The molecule has 0 unspecified atom stereocenters. The second kappa shape index (κ2) is 7.42. The van der Waals surface area contributed by atoms with Crippen LogP contribution in [0.25, 0.3) is 0 Å². The molecule has 0 saturated carbocycles. The summed E-state index contributed by atoms with van der Waals surface area (Å²) in [4.78, 5) is 21.1. The van der Waals surface area contributed by atoms with Crippen LogP contribution >= 0.6 is 27.3 Å². The van der Waals surface area contributed by atoms with Gasteiger partial charge in [0.05, 0.1) is 12.2 Å². The van der Waals surface area contributed by atoms with Crippen molar-refractivity contribution in [1.29, 1.82) is 0 Å². The quantitative estimate of drug-likeness (QED) is 0.865. The first kappa shape index (κ1) is 16.4. The summed E-state index contributed by atoms with van der Waals surface area (Å²) >= 11 is 5.08. The van der Waals surface area contributed by atoms with Gasteiger partial charge in [0.1, 0.15) is 0 Å². The molecule has 1 N–H and O–H groups in total. The standard InChI is InChI=1S/C16H19BrN4OS/c1-12-11-23-16(18-12)21-8-6-20(7-9-21)10-15(22)19-14-4-2-13(17)3-5-14/h2-5,11H,6-10H2,1H3,(H,19,22). The molecule has 0 aliphatic carbocycles. The van der Waals surface area contributed by atoms with E-state index in [1.54, 1.807) is 11.3 Å². The van der Waals surface area contributed by atoms with Gasteiger partial charge in [0.2, 0.25) is 5.91 Å². The Hall–Kier alpha value is -1.44. The number of amides is 1. The number of aromatic nitrogens is 1. The van der Waals surface area contributed by atoms with Crippen LogP contribution in [-0.2, 0) is 4.79 Å². The predicted molar refractivity (Wildman–Crippen MR) is 98.3 cm³/mol. The van der Waals surface area contributed by atoms with Gasteiger partial charge in [-0.2, -0.15) is 0 Å². The van der Waals surface area contributed by atoms with Crippen LogP contribution in [-0.4, -0.2) is 48.5 Å². The van der Waals surface area contributed by atoms with E-state index < -0.39 is 0 Å². The highest BCUT2D eigenvalue weighted by Gasteiger charge is 2.20. The summed E-state index contributed by atoms with van der Waals surface area (Å²) in [6, 6.07) is 7.63. The third-order valence-electron chi connectivity index (χ3n) is 3.74. The van der Waals surface area contributed by atoms with Crippen molar-refractivity contribution >= 4 is 44.0 Å². The Labute approximate surface area is 148 Å². The number of benzene rings is 1. The summed E-state index contributed by atoms with van der Waals surface area (Å²) in [5.74, 6) is 0.0332. The first-order chi connectivity index (χ1) is 11.1. The molecule has 2 aromatic rings. The van der Waals surface area contributed by atoms with E-state index in [1.807, 2.05) is 31.2 Å². The molecule has 3 rings (SSSR count). The van der Waals surface area contributed by atoms with Crippen molar-refractivity contribution in [2.24, 2.45) is 0 Å². The molecule has 122 valence electrons. The highest BCUT2D eigenvalue weighted by molar-refractivity contribution is 9.10. The van der Waals surface area contributed by atoms with E-state index in [0.717, 1.165) is 47.2 Å². The summed E-state index contributed by atoms with van der Waals surface area (Å²) in [6.07, 6.45) is 0. The van der Waals surface area contributed by atoms with Crippen LogP contribution in [0.5, 0.6) is 0 Å². The van der Waals surface area contributed by atoms with Gasteiger partial charge in [0.25, 0.3) is 0 Å². The maximum absolute atomic E-state index is 12.1. The molecule has 1 aliphatic heterocycles. The largest absolute Gasteiger partial charge is 0.346 e. The lowest BCUT2D eigenvalue weighted by Gasteiger charge is -2.34. The molecule has 23 heavy (non-hydrogen) atoms. The minimum absolute atomic E-state index is 0.0332. The molecule has 1 aromatic heterocycles. The Morgan fingerprint density at radius 3 is 2.57 bits per heavy atom. The minimum atomic E-state index is 0.0332. The van der Waals surface area contributed by atoms with Crippen LogP contribution in [0.4, 0.5) is 10.8 Å². The fourth-order valence-corrected chi connectivity index (χ4v) is 3.64. The zero-order valence-electron chi connectivity index (χ0n) is 13.0. The number of halogens is 1. The number of piperazine rings is 1. The zero-order valence-corrected chi connectivity index (χ0v) is 15.4. The van der Waals surface area contributed by atoms with Gasteiger partial charge in [-0.1, -0.05) is 15.9 Å². The van der Waals surface area contributed by atoms with Gasteiger partial charge < -0.3 is 10.2 Å². The van der Waals surface area contributed by atoms with Crippen LogP contribution < -0.4 is 10.2 Å². The van der Waals surface area contributed by atoms with Crippen molar-refractivity contribution in [3.8, 4) is 0 Å². The molecule has 1 amide bonds. The normalized spacial score (nSPS) is 15.7. The van der Waals surface area contributed by atoms with Crippen molar-refractivity contribution in [3.63, 3.8) is 0 Å². The smallest absolute Gasteiger partial charge is 0.238 e. The minimum Gasteiger partial charge on any atom is -0.346 e. The highest BCUT2D eigenvalue weighted by atomic mass is 79.9. The van der Waals surface area contributed by atoms with Crippen LogP contribution in [0.15, 0.2) is 34.1 Å². The second-order valence-corrected chi connectivity index (χ2v) is 7.34. The van der Waals surface area contributed by atoms with Crippen molar-refractivity contribution in [2.75, 3.05) is 42.9 Å². The molecule has 7 heteroatoms. The Balaban J connectivity index is 1.46. The lowest BCUT2D eigenvalue weighted by atomic mass is 10.3. The molecule has 1 fully saturated rings. The maximum atomic E-state index is 12.1. The monoisotopic (exact) mass is 394 g/mol. The molecule has 1 saturated heterocycles. The van der Waals surface area contributed by atoms with E-state index in [2.05, 4.69) is 41.4 Å². The Bertz CT molecular complexity index is 665. The van der Waals surface area contributed by atoms with Gasteiger partial charge >= 0.3 is 0 Å². The first-order valence-electron chi connectivity index (χ1n) is 7.55. The number of aryl methyl sites for hydroxylation is 1. The van der Waals surface area contributed by atoms with Crippen LogP contribution in [0.3, 0.4) is 0 Å². The number of nitrogens with zero attached hydrogens (tertiary/aromatic N) is 3. The number of hydrogen-bond acceptors (Lipinski definition) is 5. The molecule has 0 atom stereocenters. The number of nitrogens with one attached hydrogen (secondary N) is 1. The summed E-state index contributed by atoms with van der Waals surface area (Å²) in [5, 5.41) is 6.10. The van der Waals surface area contributed by atoms with Gasteiger partial charge in [0.15, 0.2) is 5.13 Å². The lowest BCUT2D eigenvalue weighted by molar-refractivity contribution is -0.117. The number of rotatable bonds is 4. The molecule has 0 bridgehead atoms. The van der Waals surface area contributed by atoms with Crippen molar-refractivity contribution in [2.45, 2.75) is 6.92 Å². The average Bonchev–Trinajstić information content (AvgIpc) is 2.97. The zero-order chi connectivity index (χ0) is 16.2. The fourth-order valence-electron chi connectivity index (χ4n) is 2.52. The van der Waals surface area contributed by atoms with E-state index in [4.69, 9.17) is 0 Å². The predicted octanol–water partition coefficient (Wildman–Crippen LogP) is 2.97. The third kappa shape index (κ3) is 4.53. The van der Waals surface area contributed by atoms with Gasteiger partial charge in [-0.15, -0.1) is 11.3 Å². The Kier molecular flexibility index (Phi) is 5.30. The summed E-state index contributed by atoms with van der Waals surface area (Å²) in [5.41, 5.74) is 1.90.